The Morgan fingerprint density at radius 2 is 1.38 bits per heavy atom. The third-order valence-corrected chi connectivity index (χ3v) is 5.74. The first-order valence-corrected chi connectivity index (χ1v) is 12.2. The maximum Gasteiger partial charge on any atom is 0.220 e. The minimum absolute atomic E-state index is 0.00924. The zero-order valence-corrected chi connectivity index (χ0v) is 19.8. The van der Waals surface area contributed by atoms with Crippen molar-refractivity contribution < 1.29 is 9.90 Å². The lowest BCUT2D eigenvalue weighted by Gasteiger charge is -2.35. The van der Waals surface area contributed by atoms with Crippen LogP contribution in [0.5, 0.6) is 0 Å². The van der Waals surface area contributed by atoms with E-state index in [1.54, 1.807) is 0 Å². The number of aliphatic hydroxyl groups is 1. The Labute approximate surface area is 181 Å². The molecule has 0 heterocycles. The number of unbranched alkanes of at least 4 members (excludes halogenated alkanes) is 11. The first-order valence-electron chi connectivity index (χ1n) is 12.2. The van der Waals surface area contributed by atoms with Crippen molar-refractivity contribution in [3.8, 4) is 0 Å². The van der Waals surface area contributed by atoms with Crippen molar-refractivity contribution in [2.24, 2.45) is 5.73 Å². The van der Waals surface area contributed by atoms with Crippen LogP contribution in [0, 0.1) is 0 Å². The van der Waals surface area contributed by atoms with Gasteiger partial charge in [0.15, 0.2) is 0 Å². The summed E-state index contributed by atoms with van der Waals surface area (Å²) >= 11 is 0. The molecule has 4 N–H and O–H groups in total. The molecule has 0 aliphatic heterocycles. The molecule has 0 fully saturated rings. The first kappa shape index (κ1) is 28.1. The zero-order chi connectivity index (χ0) is 22.0. The van der Waals surface area contributed by atoms with Crippen molar-refractivity contribution in [3.63, 3.8) is 0 Å². The van der Waals surface area contributed by atoms with Gasteiger partial charge in [-0.25, -0.2) is 0 Å². The normalized spacial score (nSPS) is 14.3. The summed E-state index contributed by atoms with van der Waals surface area (Å²) in [5, 5.41) is 13.2. The van der Waals surface area contributed by atoms with E-state index < -0.39 is 11.6 Å². The van der Waals surface area contributed by atoms with E-state index in [4.69, 9.17) is 5.73 Å². The smallest absolute Gasteiger partial charge is 0.220 e. The molecule has 172 valence electrons. The topological polar surface area (TPSA) is 75.3 Å². The van der Waals surface area contributed by atoms with Gasteiger partial charge >= 0.3 is 0 Å². The van der Waals surface area contributed by atoms with E-state index in [0.29, 0.717) is 12.8 Å². The molecule has 2 unspecified atom stereocenters. The number of hydrogen-bond acceptors (Lipinski definition) is 3. The molecule has 0 aromatic rings. The van der Waals surface area contributed by atoms with Crippen molar-refractivity contribution >= 4 is 5.91 Å². The second-order valence-corrected chi connectivity index (χ2v) is 9.12. The maximum absolute atomic E-state index is 12.1. The Kier molecular flexibility index (Phi) is 17.4. The Balaban J connectivity index is 3.58. The van der Waals surface area contributed by atoms with Gasteiger partial charge in [0.05, 0.1) is 11.6 Å². The molecule has 0 aromatic heterocycles. The van der Waals surface area contributed by atoms with Crippen molar-refractivity contribution in [1.29, 1.82) is 0 Å². The van der Waals surface area contributed by atoms with E-state index in [0.717, 1.165) is 12.8 Å². The second kappa shape index (κ2) is 17.9. The van der Waals surface area contributed by atoms with Crippen molar-refractivity contribution in [2.75, 3.05) is 0 Å². The molecular formula is C25H50N2O2. The van der Waals surface area contributed by atoms with Crippen LogP contribution in [-0.4, -0.2) is 28.7 Å². The summed E-state index contributed by atoms with van der Waals surface area (Å²) < 4.78 is 0. The molecule has 1 amide bonds. The predicted molar refractivity (Wildman–Crippen MR) is 126 cm³/mol. The molecule has 0 spiro atoms. The number of carbonyl (C=O) groups excluding carboxylic acids is 1. The number of nitrogens with two attached hydrogens (primary N) is 1. The molecule has 0 radical (unpaired) electrons. The molecule has 0 aliphatic carbocycles. The molecular weight excluding hydrogens is 360 g/mol. The number of rotatable bonds is 19. The summed E-state index contributed by atoms with van der Waals surface area (Å²) in [6.45, 7) is 7.88. The van der Waals surface area contributed by atoms with Crippen LogP contribution >= 0.6 is 0 Å². The van der Waals surface area contributed by atoms with Crippen LogP contribution < -0.4 is 11.1 Å². The molecule has 29 heavy (non-hydrogen) atoms. The summed E-state index contributed by atoms with van der Waals surface area (Å²) in [7, 11) is 0. The van der Waals surface area contributed by atoms with Gasteiger partial charge in [-0.05, 0) is 52.4 Å². The zero-order valence-electron chi connectivity index (χ0n) is 19.8. The fourth-order valence-corrected chi connectivity index (χ4v) is 3.61. The van der Waals surface area contributed by atoms with E-state index in [1.165, 1.54) is 70.6 Å². The summed E-state index contributed by atoms with van der Waals surface area (Å²) in [5.74, 6) is 0.00924. The third kappa shape index (κ3) is 15.6. The lowest BCUT2D eigenvalue weighted by Crippen LogP contribution is -2.58. The standard InChI is InChI=1S/C25H50N2O2/c1-5-7-8-9-10-11-12-13-14-15-16-17-18-19-20-21-23(28)27-25(3,4)24(29)22(26)6-2/h13-14,22,24,29H,5-12,15-21,26H2,1-4H3,(H,27,28)/b14-13-. The fraction of sp³-hybridized carbons (Fsp3) is 0.880. The van der Waals surface area contributed by atoms with E-state index in [9.17, 15) is 9.90 Å². The lowest BCUT2D eigenvalue weighted by atomic mass is 9.90. The molecule has 4 heteroatoms. The summed E-state index contributed by atoms with van der Waals surface area (Å²) in [5.41, 5.74) is 5.22. The average molecular weight is 411 g/mol. The molecule has 0 rings (SSSR count). The van der Waals surface area contributed by atoms with Crippen molar-refractivity contribution in [2.45, 2.75) is 142 Å². The number of amides is 1. The second-order valence-electron chi connectivity index (χ2n) is 9.12. The van der Waals surface area contributed by atoms with Crippen molar-refractivity contribution in [3.05, 3.63) is 12.2 Å². The minimum Gasteiger partial charge on any atom is -0.389 e. The van der Waals surface area contributed by atoms with Crippen LogP contribution in [0.3, 0.4) is 0 Å². The molecule has 0 aromatic carbocycles. The van der Waals surface area contributed by atoms with Crippen molar-refractivity contribution in [1.82, 2.24) is 5.32 Å². The monoisotopic (exact) mass is 410 g/mol. The highest BCUT2D eigenvalue weighted by molar-refractivity contribution is 5.76. The number of aliphatic hydroxyl groups excluding tert-OH is 1. The van der Waals surface area contributed by atoms with Gasteiger partial charge in [-0.3, -0.25) is 4.79 Å². The largest absolute Gasteiger partial charge is 0.389 e. The van der Waals surface area contributed by atoms with Crippen LogP contribution in [-0.2, 0) is 4.79 Å². The van der Waals surface area contributed by atoms with Gasteiger partial charge in [-0.15, -0.1) is 0 Å². The SMILES string of the molecule is CCCCCCCC/C=C\CCCCCCCC(=O)NC(C)(C)C(O)C(N)CC. The lowest BCUT2D eigenvalue weighted by molar-refractivity contribution is -0.124. The van der Waals surface area contributed by atoms with Crippen LogP contribution in [0.4, 0.5) is 0 Å². The maximum atomic E-state index is 12.1. The van der Waals surface area contributed by atoms with E-state index in [2.05, 4.69) is 24.4 Å². The quantitative estimate of drug-likeness (QED) is 0.180. The molecule has 4 nitrogen and oxygen atoms in total. The summed E-state index contributed by atoms with van der Waals surface area (Å²) in [6.07, 6.45) is 21.5. The average Bonchev–Trinajstić information content (AvgIpc) is 2.69. The Morgan fingerprint density at radius 1 is 0.897 bits per heavy atom. The number of carbonyl (C=O) groups is 1. The Morgan fingerprint density at radius 3 is 1.90 bits per heavy atom. The van der Waals surface area contributed by atoms with Gasteiger partial charge in [0, 0.05) is 12.5 Å². The van der Waals surface area contributed by atoms with Gasteiger partial charge in [-0.1, -0.05) is 77.4 Å². The fourth-order valence-electron chi connectivity index (χ4n) is 3.61. The number of nitrogens with one attached hydrogen (secondary N) is 1. The highest BCUT2D eigenvalue weighted by Gasteiger charge is 2.32. The summed E-state index contributed by atoms with van der Waals surface area (Å²) in [6, 6.07) is -0.315. The van der Waals surface area contributed by atoms with E-state index >= 15 is 0 Å². The van der Waals surface area contributed by atoms with Gasteiger partial charge in [-0.2, -0.15) is 0 Å². The predicted octanol–water partition coefficient (Wildman–Crippen LogP) is 6.02. The van der Waals surface area contributed by atoms with Crippen LogP contribution in [0.25, 0.3) is 0 Å². The Bertz CT molecular complexity index is 421. The van der Waals surface area contributed by atoms with Crippen LogP contribution in [0.1, 0.15) is 124 Å². The molecule has 0 saturated carbocycles. The number of allylic oxidation sites excluding steroid dienone is 2. The van der Waals surface area contributed by atoms with Gasteiger partial charge in [0.1, 0.15) is 0 Å². The first-order chi connectivity index (χ1) is 13.8. The highest BCUT2D eigenvalue weighted by Crippen LogP contribution is 2.15. The Hall–Kier alpha value is -0.870. The van der Waals surface area contributed by atoms with Gasteiger partial charge < -0.3 is 16.2 Å². The molecule has 0 aliphatic rings. The number of hydrogen-bond donors (Lipinski definition) is 3. The van der Waals surface area contributed by atoms with Crippen LogP contribution in [0.15, 0.2) is 12.2 Å². The molecule has 0 bridgehead atoms. The highest BCUT2D eigenvalue weighted by atomic mass is 16.3. The van der Waals surface area contributed by atoms with E-state index in [-0.39, 0.29) is 11.9 Å². The minimum atomic E-state index is -0.731. The third-order valence-electron chi connectivity index (χ3n) is 5.74. The molecule has 2 atom stereocenters. The van der Waals surface area contributed by atoms with Crippen LogP contribution in [0.2, 0.25) is 0 Å². The molecule has 0 saturated heterocycles. The van der Waals surface area contributed by atoms with Gasteiger partial charge in [0.2, 0.25) is 5.91 Å². The summed E-state index contributed by atoms with van der Waals surface area (Å²) in [4.78, 5) is 12.1. The van der Waals surface area contributed by atoms with Gasteiger partial charge in [0.25, 0.3) is 0 Å². The van der Waals surface area contributed by atoms with E-state index in [1.807, 2.05) is 20.8 Å².